The Morgan fingerprint density at radius 3 is 2.50 bits per heavy atom. The fraction of sp³-hybridized carbons (Fsp3) is 0.0625. The first-order chi connectivity index (χ1) is 8.81. The Morgan fingerprint density at radius 1 is 1.00 bits per heavy atom. The van der Waals surface area contributed by atoms with Gasteiger partial charge in [-0.1, -0.05) is 36.4 Å². The summed E-state index contributed by atoms with van der Waals surface area (Å²) >= 11 is 0. The van der Waals surface area contributed by atoms with Crippen LogP contribution in [0.15, 0.2) is 54.7 Å². The Labute approximate surface area is 105 Å². The maximum absolute atomic E-state index is 11.4. The number of carbonyl (C=O) groups is 1. The molecule has 0 unspecified atom stereocenters. The van der Waals surface area contributed by atoms with Crippen molar-refractivity contribution >= 4 is 11.8 Å². The number of fused-ring (bicyclic) bond motifs is 1. The zero-order valence-electron chi connectivity index (χ0n) is 10.1. The van der Waals surface area contributed by atoms with Gasteiger partial charge in [-0.15, -0.1) is 0 Å². The van der Waals surface area contributed by atoms with E-state index in [0.717, 1.165) is 34.2 Å². The molecule has 3 rings (SSSR count). The quantitative estimate of drug-likeness (QED) is 0.620. The van der Waals surface area contributed by atoms with Gasteiger partial charge in [-0.05, 0) is 24.6 Å². The van der Waals surface area contributed by atoms with Crippen molar-refractivity contribution in [3.63, 3.8) is 0 Å². The topological polar surface area (TPSA) is 21.5 Å². The predicted molar refractivity (Wildman–Crippen MR) is 73.0 cm³/mol. The van der Waals surface area contributed by atoms with Crippen LogP contribution in [0.3, 0.4) is 0 Å². The van der Waals surface area contributed by atoms with Gasteiger partial charge in [-0.2, -0.15) is 0 Å². The lowest BCUT2D eigenvalue weighted by atomic mass is 10.0. The number of rotatable bonds is 2. The standard InChI is InChI=1S/C16H13NO/c1-12-6-5-9-16-15(11-18)14(10-17(12)16)13-7-3-2-4-8-13/h2-11H,1H3. The molecular weight excluding hydrogens is 222 g/mol. The van der Waals surface area contributed by atoms with Crippen molar-refractivity contribution in [3.05, 3.63) is 66.0 Å². The first kappa shape index (κ1) is 10.8. The molecule has 0 fully saturated rings. The molecule has 3 aromatic rings. The molecule has 0 N–H and O–H groups in total. The van der Waals surface area contributed by atoms with Crippen LogP contribution in [-0.2, 0) is 0 Å². The Bertz CT molecular complexity index is 711. The molecular formula is C16H13NO. The van der Waals surface area contributed by atoms with E-state index in [9.17, 15) is 4.79 Å². The van der Waals surface area contributed by atoms with Crippen LogP contribution in [0.5, 0.6) is 0 Å². The Hall–Kier alpha value is -2.35. The molecule has 2 nitrogen and oxygen atoms in total. The molecule has 0 aliphatic rings. The molecule has 0 bridgehead atoms. The third-order valence-electron chi connectivity index (χ3n) is 3.26. The lowest BCUT2D eigenvalue weighted by Crippen LogP contribution is -1.88. The number of carbonyl (C=O) groups excluding carboxylic acids is 1. The molecule has 0 atom stereocenters. The van der Waals surface area contributed by atoms with Crippen LogP contribution in [0.25, 0.3) is 16.6 Å². The minimum absolute atomic E-state index is 0.755. The van der Waals surface area contributed by atoms with E-state index in [1.165, 1.54) is 0 Å². The van der Waals surface area contributed by atoms with Gasteiger partial charge in [0.15, 0.2) is 6.29 Å². The number of hydrogen-bond donors (Lipinski definition) is 0. The van der Waals surface area contributed by atoms with Crippen LogP contribution < -0.4 is 0 Å². The van der Waals surface area contributed by atoms with Crippen LogP contribution in [0, 0.1) is 6.92 Å². The molecule has 2 aromatic heterocycles. The van der Waals surface area contributed by atoms with Crippen LogP contribution in [0.4, 0.5) is 0 Å². The van der Waals surface area contributed by atoms with Gasteiger partial charge >= 0.3 is 0 Å². The molecule has 2 heterocycles. The van der Waals surface area contributed by atoms with Crippen molar-refractivity contribution in [2.45, 2.75) is 6.92 Å². The zero-order valence-corrected chi connectivity index (χ0v) is 10.1. The van der Waals surface area contributed by atoms with E-state index in [2.05, 4.69) is 4.40 Å². The molecule has 88 valence electrons. The number of hydrogen-bond acceptors (Lipinski definition) is 1. The average Bonchev–Trinajstić information content (AvgIpc) is 2.80. The lowest BCUT2D eigenvalue weighted by molar-refractivity contribution is 0.112. The number of aldehydes is 1. The number of benzene rings is 1. The van der Waals surface area contributed by atoms with Gasteiger partial charge in [0.05, 0.1) is 5.52 Å². The van der Waals surface area contributed by atoms with Gasteiger partial charge in [-0.25, -0.2) is 0 Å². The van der Waals surface area contributed by atoms with Gasteiger partial charge < -0.3 is 4.40 Å². The van der Waals surface area contributed by atoms with Gasteiger partial charge in [0, 0.05) is 23.0 Å². The average molecular weight is 235 g/mol. The molecule has 0 amide bonds. The van der Waals surface area contributed by atoms with Crippen molar-refractivity contribution < 1.29 is 4.79 Å². The highest BCUT2D eigenvalue weighted by Gasteiger charge is 2.11. The fourth-order valence-electron chi connectivity index (χ4n) is 2.33. The molecule has 2 heteroatoms. The first-order valence-corrected chi connectivity index (χ1v) is 5.92. The van der Waals surface area contributed by atoms with E-state index in [-0.39, 0.29) is 0 Å². The number of aryl methyl sites for hydroxylation is 1. The van der Waals surface area contributed by atoms with E-state index in [1.54, 1.807) is 0 Å². The Kier molecular flexibility index (Phi) is 2.49. The molecule has 18 heavy (non-hydrogen) atoms. The largest absolute Gasteiger partial charge is 0.320 e. The predicted octanol–water partition coefficient (Wildman–Crippen LogP) is 3.73. The van der Waals surface area contributed by atoms with E-state index < -0.39 is 0 Å². The first-order valence-electron chi connectivity index (χ1n) is 5.92. The van der Waals surface area contributed by atoms with Crippen molar-refractivity contribution in [2.75, 3.05) is 0 Å². The van der Waals surface area contributed by atoms with E-state index in [1.807, 2.05) is 61.7 Å². The smallest absolute Gasteiger partial charge is 0.152 e. The normalized spacial score (nSPS) is 10.7. The Morgan fingerprint density at radius 2 is 1.78 bits per heavy atom. The third-order valence-corrected chi connectivity index (χ3v) is 3.26. The second-order valence-electron chi connectivity index (χ2n) is 4.36. The highest BCUT2D eigenvalue weighted by Crippen LogP contribution is 2.28. The van der Waals surface area contributed by atoms with Crippen molar-refractivity contribution in [1.29, 1.82) is 0 Å². The maximum atomic E-state index is 11.4. The summed E-state index contributed by atoms with van der Waals surface area (Å²) in [5.41, 5.74) is 4.90. The summed E-state index contributed by atoms with van der Waals surface area (Å²) in [7, 11) is 0. The molecule has 0 aliphatic carbocycles. The van der Waals surface area contributed by atoms with Gasteiger partial charge in [0.1, 0.15) is 0 Å². The molecule has 0 radical (unpaired) electrons. The van der Waals surface area contributed by atoms with Crippen LogP contribution in [0.1, 0.15) is 16.1 Å². The Balaban J connectivity index is 2.37. The molecule has 0 spiro atoms. The lowest BCUT2D eigenvalue weighted by Gasteiger charge is -1.98. The highest BCUT2D eigenvalue weighted by molar-refractivity contribution is 5.96. The molecule has 0 saturated carbocycles. The third kappa shape index (κ3) is 1.54. The van der Waals surface area contributed by atoms with Crippen LogP contribution >= 0.6 is 0 Å². The summed E-state index contributed by atoms with van der Waals surface area (Å²) in [5, 5.41) is 0. The van der Waals surface area contributed by atoms with Gasteiger partial charge in [0.2, 0.25) is 0 Å². The number of nitrogens with zero attached hydrogens (tertiary/aromatic N) is 1. The van der Waals surface area contributed by atoms with E-state index in [0.29, 0.717) is 0 Å². The molecule has 0 saturated heterocycles. The molecule has 0 aliphatic heterocycles. The summed E-state index contributed by atoms with van der Waals surface area (Å²) in [5.74, 6) is 0. The second-order valence-corrected chi connectivity index (χ2v) is 4.36. The minimum Gasteiger partial charge on any atom is -0.320 e. The van der Waals surface area contributed by atoms with Crippen molar-refractivity contribution in [2.24, 2.45) is 0 Å². The van der Waals surface area contributed by atoms with Crippen LogP contribution in [0.2, 0.25) is 0 Å². The zero-order chi connectivity index (χ0) is 12.5. The summed E-state index contributed by atoms with van der Waals surface area (Å²) in [6, 6.07) is 16.0. The minimum atomic E-state index is 0.755. The van der Waals surface area contributed by atoms with E-state index >= 15 is 0 Å². The molecule has 1 aromatic carbocycles. The van der Waals surface area contributed by atoms with Gasteiger partial charge in [0.25, 0.3) is 0 Å². The monoisotopic (exact) mass is 235 g/mol. The van der Waals surface area contributed by atoms with Crippen LogP contribution in [-0.4, -0.2) is 10.7 Å². The summed E-state index contributed by atoms with van der Waals surface area (Å²) in [4.78, 5) is 11.4. The summed E-state index contributed by atoms with van der Waals surface area (Å²) < 4.78 is 2.06. The van der Waals surface area contributed by atoms with Crippen molar-refractivity contribution in [1.82, 2.24) is 4.40 Å². The van der Waals surface area contributed by atoms with Crippen molar-refractivity contribution in [3.8, 4) is 11.1 Å². The maximum Gasteiger partial charge on any atom is 0.152 e. The summed E-state index contributed by atoms with van der Waals surface area (Å²) in [6.07, 6.45) is 2.97. The highest BCUT2D eigenvalue weighted by atomic mass is 16.1. The summed E-state index contributed by atoms with van der Waals surface area (Å²) in [6.45, 7) is 2.04. The number of pyridine rings is 1. The SMILES string of the molecule is Cc1cccc2c(C=O)c(-c3ccccc3)cn12. The fourth-order valence-corrected chi connectivity index (χ4v) is 2.33. The van der Waals surface area contributed by atoms with E-state index in [4.69, 9.17) is 0 Å². The second kappa shape index (κ2) is 4.15. The van der Waals surface area contributed by atoms with Gasteiger partial charge in [-0.3, -0.25) is 4.79 Å². The number of aromatic nitrogens is 1.